The van der Waals surface area contributed by atoms with Crippen LogP contribution in [0.3, 0.4) is 0 Å². The lowest BCUT2D eigenvalue weighted by atomic mass is 10.0. The standard InChI is InChI=1S/C17H25N3O2/c1-13(17(22)20-10-6-3-7-11-20)19-16(21)12-15(18)14-8-4-2-5-9-14/h2,4-5,8-9,13,15H,3,6-7,10-12,18H2,1H3,(H,19,21). The summed E-state index contributed by atoms with van der Waals surface area (Å²) in [4.78, 5) is 26.2. The average Bonchev–Trinajstić information content (AvgIpc) is 2.55. The van der Waals surface area contributed by atoms with Crippen molar-refractivity contribution in [1.29, 1.82) is 0 Å². The monoisotopic (exact) mass is 303 g/mol. The van der Waals surface area contributed by atoms with Crippen LogP contribution in [0.1, 0.15) is 44.2 Å². The van der Waals surface area contributed by atoms with Gasteiger partial charge in [0.05, 0.1) is 0 Å². The highest BCUT2D eigenvalue weighted by Crippen LogP contribution is 2.14. The summed E-state index contributed by atoms with van der Waals surface area (Å²) >= 11 is 0. The summed E-state index contributed by atoms with van der Waals surface area (Å²) in [6.07, 6.45) is 3.45. The van der Waals surface area contributed by atoms with E-state index in [4.69, 9.17) is 5.73 Å². The molecule has 2 atom stereocenters. The van der Waals surface area contributed by atoms with Crippen LogP contribution in [0, 0.1) is 0 Å². The summed E-state index contributed by atoms with van der Waals surface area (Å²) in [5.74, 6) is -0.185. The zero-order chi connectivity index (χ0) is 15.9. The molecule has 1 aromatic rings. The van der Waals surface area contributed by atoms with Crippen LogP contribution in [0.4, 0.5) is 0 Å². The Kier molecular flexibility index (Phi) is 5.95. The Hall–Kier alpha value is -1.88. The molecule has 0 spiro atoms. The minimum atomic E-state index is -0.492. The number of nitrogens with zero attached hydrogens (tertiary/aromatic N) is 1. The number of piperidine rings is 1. The maximum atomic E-state index is 12.3. The number of rotatable bonds is 5. The quantitative estimate of drug-likeness (QED) is 0.867. The van der Waals surface area contributed by atoms with Gasteiger partial charge in [0, 0.05) is 25.6 Å². The van der Waals surface area contributed by atoms with E-state index < -0.39 is 6.04 Å². The first-order valence-corrected chi connectivity index (χ1v) is 7.96. The summed E-state index contributed by atoms with van der Waals surface area (Å²) in [6, 6.07) is 8.67. The van der Waals surface area contributed by atoms with E-state index in [1.807, 2.05) is 35.2 Å². The van der Waals surface area contributed by atoms with E-state index in [0.29, 0.717) is 0 Å². The van der Waals surface area contributed by atoms with E-state index in [1.165, 1.54) is 6.42 Å². The van der Waals surface area contributed by atoms with Gasteiger partial charge >= 0.3 is 0 Å². The molecular weight excluding hydrogens is 278 g/mol. The first-order valence-electron chi connectivity index (χ1n) is 7.96. The zero-order valence-electron chi connectivity index (χ0n) is 13.1. The van der Waals surface area contributed by atoms with Gasteiger partial charge < -0.3 is 16.0 Å². The molecule has 1 fully saturated rings. The lowest BCUT2D eigenvalue weighted by molar-refractivity contribution is -0.136. The number of likely N-dealkylation sites (tertiary alicyclic amines) is 1. The van der Waals surface area contributed by atoms with E-state index in [9.17, 15) is 9.59 Å². The molecule has 1 saturated heterocycles. The van der Waals surface area contributed by atoms with Crippen molar-refractivity contribution in [3.63, 3.8) is 0 Å². The van der Waals surface area contributed by atoms with E-state index in [0.717, 1.165) is 31.5 Å². The molecule has 0 aliphatic carbocycles. The Balaban J connectivity index is 1.82. The highest BCUT2D eigenvalue weighted by atomic mass is 16.2. The molecular formula is C17H25N3O2. The normalized spacial score (nSPS) is 17.6. The lowest BCUT2D eigenvalue weighted by Gasteiger charge is -2.29. The summed E-state index contributed by atoms with van der Waals surface area (Å²) < 4.78 is 0. The van der Waals surface area contributed by atoms with Crippen LogP contribution < -0.4 is 11.1 Å². The number of amides is 2. The Morgan fingerprint density at radius 3 is 2.45 bits per heavy atom. The molecule has 2 unspecified atom stereocenters. The van der Waals surface area contributed by atoms with Gasteiger partial charge in [0.15, 0.2) is 0 Å². The molecule has 120 valence electrons. The first kappa shape index (κ1) is 16.5. The second kappa shape index (κ2) is 7.94. The summed E-state index contributed by atoms with van der Waals surface area (Å²) in [7, 11) is 0. The predicted molar refractivity (Wildman–Crippen MR) is 86.0 cm³/mol. The maximum Gasteiger partial charge on any atom is 0.244 e. The van der Waals surface area contributed by atoms with Crippen LogP contribution in [-0.4, -0.2) is 35.8 Å². The Morgan fingerprint density at radius 2 is 1.82 bits per heavy atom. The fourth-order valence-corrected chi connectivity index (χ4v) is 2.77. The van der Waals surface area contributed by atoms with Crippen molar-refractivity contribution < 1.29 is 9.59 Å². The second-order valence-electron chi connectivity index (χ2n) is 5.90. The van der Waals surface area contributed by atoms with Crippen molar-refractivity contribution in [1.82, 2.24) is 10.2 Å². The molecule has 1 heterocycles. The molecule has 3 N–H and O–H groups in total. The number of carbonyl (C=O) groups excluding carboxylic acids is 2. The SMILES string of the molecule is CC(NC(=O)CC(N)c1ccccc1)C(=O)N1CCCCC1. The van der Waals surface area contributed by atoms with Gasteiger partial charge in [0.1, 0.15) is 6.04 Å². The van der Waals surface area contributed by atoms with Gasteiger partial charge in [0.2, 0.25) is 11.8 Å². The number of hydrogen-bond donors (Lipinski definition) is 2. The van der Waals surface area contributed by atoms with Crippen LogP contribution in [0.25, 0.3) is 0 Å². The molecule has 0 saturated carbocycles. The molecule has 0 aromatic heterocycles. The van der Waals surface area contributed by atoms with Crippen molar-refractivity contribution in [2.24, 2.45) is 5.73 Å². The predicted octanol–water partition coefficient (Wildman–Crippen LogP) is 1.59. The number of nitrogens with one attached hydrogen (secondary N) is 1. The molecule has 5 nitrogen and oxygen atoms in total. The Labute approximate surface area is 131 Å². The van der Waals surface area contributed by atoms with Gasteiger partial charge in [-0.1, -0.05) is 30.3 Å². The van der Waals surface area contributed by atoms with Crippen molar-refractivity contribution >= 4 is 11.8 Å². The highest BCUT2D eigenvalue weighted by Gasteiger charge is 2.23. The van der Waals surface area contributed by atoms with E-state index in [-0.39, 0.29) is 24.3 Å². The van der Waals surface area contributed by atoms with E-state index in [1.54, 1.807) is 6.92 Å². The Bertz CT molecular complexity index is 498. The lowest BCUT2D eigenvalue weighted by Crippen LogP contribution is -2.48. The van der Waals surface area contributed by atoms with Crippen molar-refractivity contribution in [2.75, 3.05) is 13.1 Å². The van der Waals surface area contributed by atoms with Gasteiger partial charge in [-0.2, -0.15) is 0 Å². The van der Waals surface area contributed by atoms with Crippen LogP contribution in [0.5, 0.6) is 0 Å². The average molecular weight is 303 g/mol. The number of hydrogen-bond acceptors (Lipinski definition) is 3. The third-order valence-corrected chi connectivity index (χ3v) is 4.05. The topological polar surface area (TPSA) is 75.4 Å². The molecule has 5 heteroatoms. The summed E-state index contributed by atoms with van der Waals surface area (Å²) in [5.41, 5.74) is 6.96. The molecule has 2 amide bonds. The fraction of sp³-hybridized carbons (Fsp3) is 0.529. The first-order chi connectivity index (χ1) is 10.6. The smallest absolute Gasteiger partial charge is 0.244 e. The van der Waals surface area contributed by atoms with Crippen LogP contribution in [0.2, 0.25) is 0 Å². The van der Waals surface area contributed by atoms with Crippen molar-refractivity contribution in [3.05, 3.63) is 35.9 Å². The second-order valence-corrected chi connectivity index (χ2v) is 5.90. The number of nitrogens with two attached hydrogens (primary N) is 1. The molecule has 2 rings (SSSR count). The number of benzene rings is 1. The van der Waals surface area contributed by atoms with Crippen LogP contribution in [0.15, 0.2) is 30.3 Å². The molecule has 0 bridgehead atoms. The van der Waals surface area contributed by atoms with Crippen LogP contribution >= 0.6 is 0 Å². The molecule has 22 heavy (non-hydrogen) atoms. The van der Waals surface area contributed by atoms with Gasteiger partial charge in [0.25, 0.3) is 0 Å². The molecule has 1 aliphatic rings. The van der Waals surface area contributed by atoms with Gasteiger partial charge in [-0.3, -0.25) is 9.59 Å². The summed E-state index contributed by atoms with van der Waals surface area (Å²) in [5, 5.41) is 2.77. The van der Waals surface area contributed by atoms with E-state index in [2.05, 4.69) is 5.32 Å². The summed E-state index contributed by atoms with van der Waals surface area (Å²) in [6.45, 7) is 3.33. The third-order valence-electron chi connectivity index (χ3n) is 4.05. The van der Waals surface area contributed by atoms with Gasteiger partial charge in [-0.15, -0.1) is 0 Å². The minimum Gasteiger partial charge on any atom is -0.345 e. The zero-order valence-corrected chi connectivity index (χ0v) is 13.1. The number of carbonyl (C=O) groups is 2. The van der Waals surface area contributed by atoms with Crippen LogP contribution in [-0.2, 0) is 9.59 Å². The maximum absolute atomic E-state index is 12.3. The molecule has 1 aliphatic heterocycles. The third kappa shape index (κ3) is 4.56. The van der Waals surface area contributed by atoms with Crippen molar-refractivity contribution in [2.45, 2.75) is 44.7 Å². The largest absolute Gasteiger partial charge is 0.345 e. The Morgan fingerprint density at radius 1 is 1.18 bits per heavy atom. The van der Waals surface area contributed by atoms with Gasteiger partial charge in [-0.25, -0.2) is 0 Å². The molecule has 1 aromatic carbocycles. The van der Waals surface area contributed by atoms with Gasteiger partial charge in [-0.05, 0) is 31.7 Å². The highest BCUT2D eigenvalue weighted by molar-refractivity contribution is 5.87. The van der Waals surface area contributed by atoms with E-state index >= 15 is 0 Å². The van der Waals surface area contributed by atoms with Crippen molar-refractivity contribution in [3.8, 4) is 0 Å². The fourth-order valence-electron chi connectivity index (χ4n) is 2.77. The minimum absolute atomic E-state index is 0.00123. The molecule has 0 radical (unpaired) electrons.